The van der Waals surface area contributed by atoms with Gasteiger partial charge in [-0.1, -0.05) is 0 Å². The van der Waals surface area contributed by atoms with Crippen molar-refractivity contribution in [3.05, 3.63) is 34.4 Å². The van der Waals surface area contributed by atoms with Crippen molar-refractivity contribution in [1.29, 1.82) is 0 Å². The van der Waals surface area contributed by atoms with Crippen LogP contribution in [0.4, 0.5) is 11.4 Å². The van der Waals surface area contributed by atoms with E-state index in [9.17, 15) is 19.7 Å². The second-order valence-electron chi connectivity index (χ2n) is 5.59. The van der Waals surface area contributed by atoms with Gasteiger partial charge in [0.05, 0.1) is 11.5 Å². The lowest BCUT2D eigenvalue weighted by molar-refractivity contribution is -0.384. The molecule has 148 valence electrons. The zero-order valence-electron chi connectivity index (χ0n) is 14.5. The Morgan fingerprint density at radius 2 is 1.85 bits per heavy atom. The van der Waals surface area contributed by atoms with Gasteiger partial charge in [-0.05, 0) is 25.0 Å². The summed E-state index contributed by atoms with van der Waals surface area (Å²) >= 11 is 0. The quantitative estimate of drug-likeness (QED) is 0.0909. The number of nitro groups is 1. The maximum atomic E-state index is 12.5. The van der Waals surface area contributed by atoms with Crippen LogP contribution in [0.1, 0.15) is 12.8 Å². The number of non-ortho nitro benzene ring substituents is 1. The number of nitrogens with one attached hydrogen (secondary N) is 2. The van der Waals surface area contributed by atoms with E-state index in [0.717, 1.165) is 0 Å². The number of benzene rings is 1. The smallest absolute Gasteiger partial charge is 0.269 e. The number of aliphatic hydroxyl groups is 1. The van der Waals surface area contributed by atoms with Crippen LogP contribution in [0.3, 0.4) is 0 Å². The van der Waals surface area contributed by atoms with Crippen LogP contribution in [-0.4, -0.2) is 53.0 Å². The Balaban J connectivity index is 2.78. The molecule has 0 bridgehead atoms. The van der Waals surface area contributed by atoms with Crippen molar-refractivity contribution in [3.63, 3.8) is 0 Å². The molecule has 0 heterocycles. The van der Waals surface area contributed by atoms with E-state index in [1.54, 1.807) is 0 Å². The molecular formula is C15H23N7O5. The number of nitro benzene ring substituents is 1. The van der Waals surface area contributed by atoms with Crippen molar-refractivity contribution >= 4 is 29.1 Å². The molecule has 0 saturated carbocycles. The van der Waals surface area contributed by atoms with Gasteiger partial charge in [-0.2, -0.15) is 0 Å². The third kappa shape index (κ3) is 7.66. The van der Waals surface area contributed by atoms with Gasteiger partial charge < -0.3 is 32.9 Å². The van der Waals surface area contributed by atoms with Crippen molar-refractivity contribution in [2.24, 2.45) is 22.2 Å². The lowest BCUT2D eigenvalue weighted by atomic mass is 10.1. The fourth-order valence-corrected chi connectivity index (χ4v) is 2.03. The summed E-state index contributed by atoms with van der Waals surface area (Å²) in [6.07, 6.45) is 0.602. The van der Waals surface area contributed by atoms with Gasteiger partial charge in [0.15, 0.2) is 5.96 Å². The Bertz CT molecular complexity index is 688. The highest BCUT2D eigenvalue weighted by atomic mass is 16.6. The highest BCUT2D eigenvalue weighted by Gasteiger charge is 2.23. The first-order chi connectivity index (χ1) is 12.7. The molecule has 1 rings (SSSR count). The lowest BCUT2D eigenvalue weighted by Crippen LogP contribution is -2.51. The van der Waals surface area contributed by atoms with Crippen LogP contribution in [0.5, 0.6) is 0 Å². The number of nitrogens with two attached hydrogens (primary N) is 3. The lowest BCUT2D eigenvalue weighted by Gasteiger charge is -2.20. The van der Waals surface area contributed by atoms with E-state index in [1.165, 1.54) is 24.3 Å². The Morgan fingerprint density at radius 3 is 2.37 bits per heavy atom. The SMILES string of the molecule is NC(N)=NCCC[C@H](NC(=O)[C@@H](N)CO)C(=O)Nc1ccc([N+](=O)[O-])cc1. The fourth-order valence-electron chi connectivity index (χ4n) is 2.03. The number of amides is 2. The number of rotatable bonds is 10. The van der Waals surface area contributed by atoms with E-state index < -0.39 is 35.4 Å². The summed E-state index contributed by atoms with van der Waals surface area (Å²) in [5, 5.41) is 24.6. The first kappa shape index (κ1) is 21.8. The van der Waals surface area contributed by atoms with E-state index in [-0.39, 0.29) is 24.6 Å². The van der Waals surface area contributed by atoms with Gasteiger partial charge in [-0.3, -0.25) is 24.7 Å². The zero-order chi connectivity index (χ0) is 20.4. The Morgan fingerprint density at radius 1 is 1.22 bits per heavy atom. The number of anilines is 1. The van der Waals surface area contributed by atoms with E-state index in [1.807, 2.05) is 0 Å². The van der Waals surface area contributed by atoms with Gasteiger partial charge in [0.2, 0.25) is 11.8 Å². The second kappa shape index (κ2) is 10.7. The predicted octanol–water partition coefficient (Wildman–Crippen LogP) is -1.61. The monoisotopic (exact) mass is 381 g/mol. The molecule has 0 spiro atoms. The van der Waals surface area contributed by atoms with Gasteiger partial charge in [-0.15, -0.1) is 0 Å². The minimum atomic E-state index is -1.17. The van der Waals surface area contributed by atoms with Crippen LogP contribution in [0.15, 0.2) is 29.3 Å². The predicted molar refractivity (Wildman–Crippen MR) is 98.6 cm³/mol. The number of aliphatic hydroxyl groups excluding tert-OH is 1. The van der Waals surface area contributed by atoms with Crippen molar-refractivity contribution in [3.8, 4) is 0 Å². The topological polar surface area (TPSA) is 212 Å². The third-order valence-electron chi connectivity index (χ3n) is 3.46. The zero-order valence-corrected chi connectivity index (χ0v) is 14.5. The molecule has 1 aromatic carbocycles. The van der Waals surface area contributed by atoms with Crippen molar-refractivity contribution in [2.45, 2.75) is 24.9 Å². The molecule has 2 atom stereocenters. The van der Waals surface area contributed by atoms with E-state index in [2.05, 4.69) is 15.6 Å². The molecule has 12 nitrogen and oxygen atoms in total. The number of aliphatic imine (C=N–C) groups is 1. The van der Waals surface area contributed by atoms with Crippen LogP contribution < -0.4 is 27.8 Å². The summed E-state index contributed by atoms with van der Waals surface area (Å²) in [7, 11) is 0. The molecule has 0 radical (unpaired) electrons. The molecule has 0 aliphatic carbocycles. The summed E-state index contributed by atoms with van der Waals surface area (Å²) in [5.41, 5.74) is 16.1. The van der Waals surface area contributed by atoms with Crippen LogP contribution in [-0.2, 0) is 9.59 Å². The van der Waals surface area contributed by atoms with Crippen LogP contribution in [0, 0.1) is 10.1 Å². The van der Waals surface area contributed by atoms with Crippen LogP contribution in [0.25, 0.3) is 0 Å². The molecule has 27 heavy (non-hydrogen) atoms. The minimum Gasteiger partial charge on any atom is -0.394 e. The Kier molecular flexibility index (Phi) is 8.62. The Labute approximate surface area is 155 Å². The van der Waals surface area contributed by atoms with Crippen LogP contribution >= 0.6 is 0 Å². The highest BCUT2D eigenvalue weighted by molar-refractivity contribution is 5.97. The van der Waals surface area contributed by atoms with E-state index in [0.29, 0.717) is 12.1 Å². The van der Waals surface area contributed by atoms with Crippen molar-refractivity contribution in [2.75, 3.05) is 18.5 Å². The summed E-state index contributed by atoms with van der Waals surface area (Å²) in [6, 6.07) is 3.09. The number of guanidine groups is 1. The van der Waals surface area contributed by atoms with Gasteiger partial charge in [-0.25, -0.2) is 0 Å². The molecular weight excluding hydrogens is 358 g/mol. The average molecular weight is 381 g/mol. The maximum Gasteiger partial charge on any atom is 0.269 e. The van der Waals surface area contributed by atoms with Gasteiger partial charge in [0.25, 0.3) is 5.69 Å². The largest absolute Gasteiger partial charge is 0.394 e. The molecule has 0 aliphatic rings. The number of nitrogens with zero attached hydrogens (tertiary/aromatic N) is 2. The number of carbonyl (C=O) groups is 2. The van der Waals surface area contributed by atoms with Crippen molar-refractivity contribution < 1.29 is 19.6 Å². The average Bonchev–Trinajstić information content (AvgIpc) is 2.63. The standard InChI is InChI=1S/C15H23N7O5/c16-11(8-23)13(24)21-12(2-1-7-19-15(17)18)14(25)20-9-3-5-10(6-4-9)22(26)27/h3-6,11-12,23H,1-2,7-8,16H2,(H,20,25)(H,21,24)(H4,17,18,19)/t11-,12-/m0/s1. The number of carbonyl (C=O) groups excluding carboxylic acids is 2. The molecule has 0 aliphatic heterocycles. The third-order valence-corrected chi connectivity index (χ3v) is 3.46. The molecule has 0 unspecified atom stereocenters. The molecule has 1 aromatic rings. The second-order valence-corrected chi connectivity index (χ2v) is 5.59. The molecule has 9 N–H and O–H groups in total. The normalized spacial score (nSPS) is 12.5. The number of hydrogen-bond acceptors (Lipinski definition) is 7. The maximum absolute atomic E-state index is 12.5. The van der Waals surface area contributed by atoms with Gasteiger partial charge >= 0.3 is 0 Å². The summed E-state index contributed by atoms with van der Waals surface area (Å²) in [6.45, 7) is -0.317. The summed E-state index contributed by atoms with van der Waals surface area (Å²) in [4.78, 5) is 38.2. The van der Waals surface area contributed by atoms with Gasteiger partial charge in [0.1, 0.15) is 12.1 Å². The van der Waals surface area contributed by atoms with Crippen LogP contribution in [0.2, 0.25) is 0 Å². The number of hydrogen-bond donors (Lipinski definition) is 6. The van der Waals surface area contributed by atoms with E-state index in [4.69, 9.17) is 22.3 Å². The van der Waals surface area contributed by atoms with E-state index >= 15 is 0 Å². The minimum absolute atomic E-state index is 0.0896. The molecule has 12 heteroatoms. The highest BCUT2D eigenvalue weighted by Crippen LogP contribution is 2.16. The molecule has 0 fully saturated rings. The summed E-state index contributed by atoms with van der Waals surface area (Å²) in [5.74, 6) is -1.33. The molecule has 0 saturated heterocycles. The molecule has 2 amide bonds. The van der Waals surface area contributed by atoms with Gasteiger partial charge in [0, 0.05) is 24.4 Å². The first-order valence-electron chi connectivity index (χ1n) is 8.02. The fraction of sp³-hybridized carbons (Fsp3) is 0.400. The molecule has 0 aromatic heterocycles. The van der Waals surface area contributed by atoms with Crippen molar-refractivity contribution in [1.82, 2.24) is 5.32 Å². The first-order valence-corrected chi connectivity index (χ1v) is 8.02. The summed E-state index contributed by atoms with van der Waals surface area (Å²) < 4.78 is 0. The Hall–Kier alpha value is -3.25.